The number of Topliss-reactive ketones (excluding diaryl/α,β-unsaturated/α-hetero) is 1. The molecule has 0 radical (unpaired) electrons. The van der Waals surface area contributed by atoms with Gasteiger partial charge in [0.05, 0.1) is 13.5 Å². The summed E-state index contributed by atoms with van der Waals surface area (Å²) in [4.78, 5) is 25.2. The molecule has 1 heterocycles. The van der Waals surface area contributed by atoms with Gasteiger partial charge in [0.1, 0.15) is 12.4 Å². The molecule has 30 heavy (non-hydrogen) atoms. The molecule has 0 amide bonds. The molecule has 0 fully saturated rings. The van der Waals surface area contributed by atoms with Gasteiger partial charge in [-0.2, -0.15) is 0 Å². The maximum Gasteiger partial charge on any atom is 0.311 e. The first kappa shape index (κ1) is 20.2. The van der Waals surface area contributed by atoms with Gasteiger partial charge in [-0.3, -0.25) is 9.59 Å². The lowest BCUT2D eigenvalue weighted by molar-refractivity contribution is -0.142. The van der Waals surface area contributed by atoms with Gasteiger partial charge in [0.2, 0.25) is 0 Å². The molecule has 0 bridgehead atoms. The zero-order chi connectivity index (χ0) is 21.3. The van der Waals surface area contributed by atoms with Gasteiger partial charge in [-0.25, -0.2) is 0 Å². The fraction of sp³-hybridized carbons (Fsp3) is 0.360. The zero-order valence-corrected chi connectivity index (χ0v) is 17.6. The summed E-state index contributed by atoms with van der Waals surface area (Å²) in [6.45, 7) is 4.47. The molecule has 1 aliphatic heterocycles. The number of benzene rings is 2. The number of hydrogen-bond acceptors (Lipinski definition) is 5. The highest BCUT2D eigenvalue weighted by atomic mass is 16.5. The molecule has 2 aromatic rings. The van der Waals surface area contributed by atoms with Crippen molar-refractivity contribution in [3.05, 3.63) is 71.0 Å². The number of allylic oxidation sites excluding steroid dienone is 2. The van der Waals surface area contributed by atoms with Crippen LogP contribution in [0.4, 0.5) is 0 Å². The molecule has 1 atom stereocenters. The topological polar surface area (TPSA) is 61.8 Å². The van der Waals surface area contributed by atoms with E-state index in [0.29, 0.717) is 42.3 Å². The average molecular weight is 406 g/mol. The summed E-state index contributed by atoms with van der Waals surface area (Å²) in [7, 11) is 1.59. The second-order valence-electron chi connectivity index (χ2n) is 8.69. The Hall–Kier alpha value is -3.08. The molecular formula is C25H26O5. The third kappa shape index (κ3) is 4.11. The summed E-state index contributed by atoms with van der Waals surface area (Å²) in [5.74, 6) is 1.17. The first-order valence-electron chi connectivity index (χ1n) is 10.2. The molecule has 0 spiro atoms. The van der Waals surface area contributed by atoms with Gasteiger partial charge in [-0.15, -0.1) is 0 Å². The standard InChI is InChI=1S/C25H26O5/c1-25(2)13-19(26)24-18(12-23(27)30-22(24)14-25)17-9-10-20(21(11-17)28-3)29-15-16-7-5-4-6-8-16/h4-11,18H,12-15H2,1-3H3/t18-/m0/s1. The monoisotopic (exact) mass is 406 g/mol. The number of ether oxygens (including phenoxy) is 3. The molecule has 2 aliphatic rings. The Balaban J connectivity index is 1.63. The minimum atomic E-state index is -0.318. The van der Waals surface area contributed by atoms with Crippen LogP contribution < -0.4 is 9.47 Å². The van der Waals surface area contributed by atoms with Gasteiger partial charge in [-0.05, 0) is 28.7 Å². The molecule has 5 heteroatoms. The number of methoxy groups -OCH3 is 1. The Morgan fingerprint density at radius 1 is 1.03 bits per heavy atom. The van der Waals surface area contributed by atoms with Crippen LogP contribution in [0.2, 0.25) is 0 Å². The number of hydrogen-bond donors (Lipinski definition) is 0. The van der Waals surface area contributed by atoms with Gasteiger partial charge in [0, 0.05) is 24.3 Å². The summed E-state index contributed by atoms with van der Waals surface area (Å²) < 4.78 is 17.0. The van der Waals surface area contributed by atoms with E-state index in [1.165, 1.54) is 0 Å². The van der Waals surface area contributed by atoms with E-state index in [-0.39, 0.29) is 29.5 Å². The van der Waals surface area contributed by atoms with Crippen molar-refractivity contribution < 1.29 is 23.8 Å². The van der Waals surface area contributed by atoms with Crippen molar-refractivity contribution in [2.24, 2.45) is 5.41 Å². The minimum absolute atomic E-state index is 0.0575. The Labute approximate surface area is 176 Å². The van der Waals surface area contributed by atoms with Gasteiger partial charge < -0.3 is 14.2 Å². The first-order chi connectivity index (χ1) is 14.4. The second kappa shape index (κ2) is 7.98. The molecule has 156 valence electrons. The first-order valence-corrected chi connectivity index (χ1v) is 10.2. The lowest BCUT2D eigenvalue weighted by atomic mass is 9.71. The molecule has 4 rings (SSSR count). The van der Waals surface area contributed by atoms with Crippen molar-refractivity contribution in [1.82, 2.24) is 0 Å². The quantitative estimate of drug-likeness (QED) is 0.658. The highest BCUT2D eigenvalue weighted by molar-refractivity contribution is 6.00. The van der Waals surface area contributed by atoms with Gasteiger partial charge in [-0.1, -0.05) is 50.2 Å². The smallest absolute Gasteiger partial charge is 0.311 e. The van der Waals surface area contributed by atoms with Crippen LogP contribution in [0.15, 0.2) is 59.9 Å². The zero-order valence-electron chi connectivity index (χ0n) is 17.6. The van der Waals surface area contributed by atoms with Crippen LogP contribution in [0.3, 0.4) is 0 Å². The average Bonchev–Trinajstić information content (AvgIpc) is 2.71. The number of ketones is 1. The summed E-state index contributed by atoms with van der Waals surface area (Å²) >= 11 is 0. The van der Waals surface area contributed by atoms with E-state index < -0.39 is 0 Å². The van der Waals surface area contributed by atoms with Crippen LogP contribution in [-0.4, -0.2) is 18.9 Å². The Morgan fingerprint density at radius 3 is 2.53 bits per heavy atom. The predicted octanol–water partition coefficient (Wildman–Crippen LogP) is 4.95. The maximum atomic E-state index is 12.9. The molecule has 1 aliphatic carbocycles. The maximum absolute atomic E-state index is 12.9. The van der Waals surface area contributed by atoms with Crippen LogP contribution in [0, 0.1) is 5.41 Å². The van der Waals surface area contributed by atoms with Crippen LogP contribution in [0.1, 0.15) is 50.2 Å². The van der Waals surface area contributed by atoms with E-state index in [9.17, 15) is 9.59 Å². The lowest BCUT2D eigenvalue weighted by Crippen LogP contribution is -2.33. The van der Waals surface area contributed by atoms with Crippen LogP contribution in [0.25, 0.3) is 0 Å². The van der Waals surface area contributed by atoms with Gasteiger partial charge in [0.25, 0.3) is 0 Å². The van der Waals surface area contributed by atoms with Gasteiger partial charge >= 0.3 is 5.97 Å². The summed E-state index contributed by atoms with van der Waals surface area (Å²) in [5, 5.41) is 0. The lowest BCUT2D eigenvalue weighted by Gasteiger charge is -2.36. The molecule has 0 N–H and O–H groups in total. The van der Waals surface area contributed by atoms with Gasteiger partial charge in [0.15, 0.2) is 17.3 Å². The summed E-state index contributed by atoms with van der Waals surface area (Å²) in [6, 6.07) is 15.5. The number of esters is 1. The third-order valence-electron chi connectivity index (χ3n) is 5.66. The minimum Gasteiger partial charge on any atom is -0.493 e. The Bertz CT molecular complexity index is 1000. The van der Waals surface area contributed by atoms with Crippen molar-refractivity contribution in [1.29, 1.82) is 0 Å². The van der Waals surface area contributed by atoms with E-state index >= 15 is 0 Å². The second-order valence-corrected chi connectivity index (χ2v) is 8.69. The van der Waals surface area contributed by atoms with Crippen molar-refractivity contribution in [3.63, 3.8) is 0 Å². The van der Waals surface area contributed by atoms with E-state index in [1.54, 1.807) is 7.11 Å². The third-order valence-corrected chi connectivity index (χ3v) is 5.66. The highest BCUT2D eigenvalue weighted by Crippen LogP contribution is 2.46. The Morgan fingerprint density at radius 2 is 1.80 bits per heavy atom. The summed E-state index contributed by atoms with van der Waals surface area (Å²) in [5.41, 5.74) is 2.35. The fourth-order valence-corrected chi connectivity index (χ4v) is 4.25. The number of rotatable bonds is 5. The number of carbonyl (C=O) groups excluding carboxylic acids is 2. The number of carbonyl (C=O) groups is 2. The van der Waals surface area contributed by atoms with Crippen molar-refractivity contribution in [3.8, 4) is 11.5 Å². The molecular weight excluding hydrogens is 380 g/mol. The molecule has 0 saturated heterocycles. The molecule has 0 unspecified atom stereocenters. The molecule has 5 nitrogen and oxygen atoms in total. The van der Waals surface area contributed by atoms with Crippen molar-refractivity contribution >= 4 is 11.8 Å². The van der Waals surface area contributed by atoms with Crippen LogP contribution in [-0.2, 0) is 20.9 Å². The Kier molecular flexibility index (Phi) is 5.37. The molecule has 0 saturated carbocycles. The van der Waals surface area contributed by atoms with E-state index in [0.717, 1.165) is 11.1 Å². The normalized spacial score (nSPS) is 20.4. The van der Waals surface area contributed by atoms with E-state index in [4.69, 9.17) is 14.2 Å². The van der Waals surface area contributed by atoms with E-state index in [2.05, 4.69) is 0 Å². The fourth-order valence-electron chi connectivity index (χ4n) is 4.25. The molecule has 2 aromatic carbocycles. The predicted molar refractivity (Wildman–Crippen MR) is 112 cm³/mol. The summed E-state index contributed by atoms with van der Waals surface area (Å²) in [6.07, 6.45) is 1.19. The largest absolute Gasteiger partial charge is 0.493 e. The van der Waals surface area contributed by atoms with Crippen LogP contribution in [0.5, 0.6) is 11.5 Å². The highest BCUT2D eigenvalue weighted by Gasteiger charge is 2.42. The van der Waals surface area contributed by atoms with Crippen molar-refractivity contribution in [2.45, 2.75) is 45.6 Å². The SMILES string of the molecule is COc1cc([C@@H]2CC(=O)OC3=C2C(=O)CC(C)(C)C3)ccc1OCc1ccccc1. The van der Waals surface area contributed by atoms with Crippen LogP contribution >= 0.6 is 0 Å². The molecule has 0 aromatic heterocycles. The van der Waals surface area contributed by atoms with Crippen molar-refractivity contribution in [2.75, 3.05) is 7.11 Å². The van der Waals surface area contributed by atoms with E-state index in [1.807, 2.05) is 62.4 Å².